The van der Waals surface area contributed by atoms with Gasteiger partial charge in [0.15, 0.2) is 0 Å². The van der Waals surface area contributed by atoms with Crippen molar-refractivity contribution in [2.75, 3.05) is 17.8 Å². The lowest BCUT2D eigenvalue weighted by Gasteiger charge is -2.27. The molecule has 1 saturated heterocycles. The summed E-state index contributed by atoms with van der Waals surface area (Å²) in [7, 11) is -2.12. The molecule has 152 valence electrons. The van der Waals surface area contributed by atoms with E-state index in [1.807, 2.05) is 39.0 Å². The van der Waals surface area contributed by atoms with Gasteiger partial charge in [-0.25, -0.2) is 8.42 Å². The van der Waals surface area contributed by atoms with Gasteiger partial charge in [0.05, 0.1) is 11.3 Å². The number of nitrogens with one attached hydrogen (secondary N) is 1. The van der Waals surface area contributed by atoms with E-state index >= 15 is 0 Å². The second-order valence-corrected chi connectivity index (χ2v) is 9.28. The molecule has 1 aliphatic rings. The number of carbonyl (C=O) groups is 1. The average Bonchev–Trinajstić information content (AvgIpc) is 2.89. The number of likely N-dealkylation sites (tertiary alicyclic amines) is 1. The Kier molecular flexibility index (Phi) is 5.57. The number of rotatable bonds is 4. The number of hydrogen-bond donors (Lipinski definition) is 1. The summed E-state index contributed by atoms with van der Waals surface area (Å²) in [4.78, 5) is 15.1. The van der Waals surface area contributed by atoms with Crippen molar-refractivity contribution in [3.63, 3.8) is 0 Å². The molecule has 0 saturated carbocycles. The molecule has 2 heterocycles. The second-order valence-electron chi connectivity index (χ2n) is 7.66. The van der Waals surface area contributed by atoms with Crippen LogP contribution in [-0.2, 0) is 17.1 Å². The van der Waals surface area contributed by atoms with Gasteiger partial charge in [-0.1, -0.05) is 18.2 Å². The van der Waals surface area contributed by atoms with Gasteiger partial charge in [-0.2, -0.15) is 0 Å². The lowest BCUT2D eigenvalue weighted by Crippen LogP contribution is -2.36. The second kappa shape index (κ2) is 7.62. The van der Waals surface area contributed by atoms with Gasteiger partial charge in [0.1, 0.15) is 4.90 Å². The van der Waals surface area contributed by atoms with E-state index in [-0.39, 0.29) is 10.8 Å². The molecule has 1 aromatic carbocycles. The third-order valence-corrected chi connectivity index (χ3v) is 7.28. The van der Waals surface area contributed by atoms with E-state index in [0.717, 1.165) is 30.4 Å². The molecule has 0 atom stereocenters. The summed E-state index contributed by atoms with van der Waals surface area (Å²) in [6, 6.07) is 5.63. The molecule has 1 amide bonds. The number of aromatic nitrogens is 1. The van der Waals surface area contributed by atoms with Gasteiger partial charge in [0, 0.05) is 31.5 Å². The molecular formula is C21H29N3O3S. The smallest absolute Gasteiger partial charge is 0.264 e. The topological polar surface area (TPSA) is 71.4 Å². The SMILES string of the molecule is Cc1cccc(C)c1NS(=O)(=O)c1c(C(=O)N2CCCCC2)c(C)n(C)c1C. The molecule has 0 spiro atoms. The van der Waals surface area contributed by atoms with E-state index in [1.54, 1.807) is 23.4 Å². The molecule has 2 aromatic rings. The van der Waals surface area contributed by atoms with Crippen LogP contribution in [0.3, 0.4) is 0 Å². The van der Waals surface area contributed by atoms with E-state index in [0.29, 0.717) is 35.7 Å². The van der Waals surface area contributed by atoms with E-state index in [1.165, 1.54) is 0 Å². The quantitative estimate of drug-likeness (QED) is 0.846. The Bertz CT molecular complexity index is 996. The summed E-state index contributed by atoms with van der Waals surface area (Å²) in [5.74, 6) is -0.192. The van der Waals surface area contributed by atoms with Crippen LogP contribution in [0.4, 0.5) is 5.69 Å². The first kappa shape index (κ1) is 20.5. The Labute approximate surface area is 167 Å². The van der Waals surface area contributed by atoms with Crippen LogP contribution >= 0.6 is 0 Å². The number of piperidine rings is 1. The van der Waals surface area contributed by atoms with Crippen LogP contribution in [0.5, 0.6) is 0 Å². The Morgan fingerprint density at radius 2 is 1.54 bits per heavy atom. The fraction of sp³-hybridized carbons (Fsp3) is 0.476. The lowest BCUT2D eigenvalue weighted by molar-refractivity contribution is 0.0720. The molecule has 1 N–H and O–H groups in total. The van der Waals surface area contributed by atoms with E-state index in [9.17, 15) is 13.2 Å². The molecule has 1 aromatic heterocycles. The predicted octanol–water partition coefficient (Wildman–Crippen LogP) is 3.69. The van der Waals surface area contributed by atoms with Crippen molar-refractivity contribution in [3.8, 4) is 0 Å². The highest BCUT2D eigenvalue weighted by atomic mass is 32.2. The number of amides is 1. The van der Waals surface area contributed by atoms with Crippen molar-refractivity contribution in [1.29, 1.82) is 0 Å². The molecule has 6 nitrogen and oxygen atoms in total. The molecule has 0 aliphatic carbocycles. The minimum absolute atomic E-state index is 0.0886. The Morgan fingerprint density at radius 1 is 0.964 bits per heavy atom. The van der Waals surface area contributed by atoms with Gasteiger partial charge in [-0.15, -0.1) is 0 Å². The van der Waals surface area contributed by atoms with E-state index in [4.69, 9.17) is 0 Å². The highest BCUT2D eigenvalue weighted by molar-refractivity contribution is 7.92. The van der Waals surface area contributed by atoms with E-state index in [2.05, 4.69) is 4.72 Å². The molecule has 1 aliphatic heterocycles. The fourth-order valence-corrected chi connectivity index (χ4v) is 5.64. The van der Waals surface area contributed by atoms with Crippen molar-refractivity contribution in [1.82, 2.24) is 9.47 Å². The number of aryl methyl sites for hydroxylation is 2. The van der Waals surface area contributed by atoms with Crippen LogP contribution < -0.4 is 4.72 Å². The number of sulfonamides is 1. The normalized spacial score (nSPS) is 15.0. The summed E-state index contributed by atoms with van der Waals surface area (Å²) < 4.78 is 31.3. The number of carbonyl (C=O) groups excluding carboxylic acids is 1. The van der Waals surface area contributed by atoms with Gasteiger partial charge < -0.3 is 9.47 Å². The Hall–Kier alpha value is -2.28. The number of hydrogen-bond acceptors (Lipinski definition) is 3. The number of nitrogens with zero attached hydrogens (tertiary/aromatic N) is 2. The van der Waals surface area contributed by atoms with Crippen molar-refractivity contribution >= 4 is 21.6 Å². The zero-order valence-electron chi connectivity index (χ0n) is 17.3. The standard InChI is InChI=1S/C21H29N3O3S/c1-14-10-9-11-15(2)19(14)22-28(26,27)20-17(4)23(5)16(3)18(20)21(25)24-12-7-6-8-13-24/h9-11,22H,6-8,12-13H2,1-5H3. The Morgan fingerprint density at radius 3 is 2.11 bits per heavy atom. The highest BCUT2D eigenvalue weighted by Gasteiger charge is 2.33. The number of anilines is 1. The van der Waals surface area contributed by atoms with Crippen molar-refractivity contribution in [2.24, 2.45) is 7.05 Å². The van der Waals surface area contributed by atoms with Crippen LogP contribution in [-0.4, -0.2) is 36.9 Å². The van der Waals surface area contributed by atoms with Gasteiger partial charge in [-0.05, 0) is 58.1 Å². The van der Waals surface area contributed by atoms with Crippen LogP contribution in [0.2, 0.25) is 0 Å². The van der Waals surface area contributed by atoms with Crippen molar-refractivity contribution in [3.05, 3.63) is 46.3 Å². The van der Waals surface area contributed by atoms with Gasteiger partial charge >= 0.3 is 0 Å². The first-order valence-corrected chi connectivity index (χ1v) is 11.2. The first-order valence-electron chi connectivity index (χ1n) is 9.69. The van der Waals surface area contributed by atoms with E-state index < -0.39 is 10.0 Å². The minimum atomic E-state index is -3.92. The molecule has 0 radical (unpaired) electrons. The van der Waals surface area contributed by atoms with Crippen LogP contribution in [0.25, 0.3) is 0 Å². The lowest BCUT2D eigenvalue weighted by atomic mass is 10.1. The molecule has 1 fully saturated rings. The summed E-state index contributed by atoms with van der Waals surface area (Å²) in [5.41, 5.74) is 3.79. The molecule has 3 rings (SSSR count). The van der Waals surface area contributed by atoms with Gasteiger partial charge in [0.25, 0.3) is 15.9 Å². The third kappa shape index (κ3) is 3.55. The molecule has 0 bridgehead atoms. The van der Waals surface area contributed by atoms with Crippen LogP contribution in [0, 0.1) is 27.7 Å². The maximum absolute atomic E-state index is 13.4. The highest BCUT2D eigenvalue weighted by Crippen LogP contribution is 2.31. The van der Waals surface area contributed by atoms with Crippen molar-refractivity contribution in [2.45, 2.75) is 51.9 Å². The summed E-state index contributed by atoms with van der Waals surface area (Å²) >= 11 is 0. The van der Waals surface area contributed by atoms with Crippen LogP contribution in [0.15, 0.2) is 23.1 Å². The number of para-hydroxylation sites is 1. The predicted molar refractivity (Wildman–Crippen MR) is 111 cm³/mol. The summed E-state index contributed by atoms with van der Waals surface area (Å²) in [6.07, 6.45) is 3.02. The van der Waals surface area contributed by atoms with Crippen LogP contribution in [0.1, 0.15) is 52.1 Å². The largest absolute Gasteiger partial charge is 0.350 e. The monoisotopic (exact) mass is 403 g/mol. The summed E-state index contributed by atoms with van der Waals surface area (Å²) in [5, 5.41) is 0. The zero-order chi connectivity index (χ0) is 20.6. The Balaban J connectivity index is 2.10. The fourth-order valence-electron chi connectivity index (χ4n) is 3.91. The molecule has 28 heavy (non-hydrogen) atoms. The third-order valence-electron chi connectivity index (χ3n) is 5.77. The minimum Gasteiger partial charge on any atom is -0.350 e. The van der Waals surface area contributed by atoms with Gasteiger partial charge in [0.2, 0.25) is 0 Å². The maximum atomic E-state index is 13.4. The molecular weight excluding hydrogens is 374 g/mol. The number of benzene rings is 1. The summed E-state index contributed by atoms with van der Waals surface area (Å²) in [6.45, 7) is 8.65. The maximum Gasteiger partial charge on any atom is 0.264 e. The first-order chi connectivity index (χ1) is 13.1. The molecule has 7 heteroatoms. The van der Waals surface area contributed by atoms with Gasteiger partial charge in [-0.3, -0.25) is 9.52 Å². The zero-order valence-corrected chi connectivity index (χ0v) is 18.1. The molecule has 0 unspecified atom stereocenters. The van der Waals surface area contributed by atoms with Crippen molar-refractivity contribution < 1.29 is 13.2 Å². The average molecular weight is 404 g/mol.